The number of likely N-dealkylation sites (N-methyl/N-ethyl adjacent to an activating group) is 1. The number of Topliss-reactive ketones (excluding diaryl/α,β-unsaturated/α-hetero) is 1. The van der Waals surface area contributed by atoms with Gasteiger partial charge in [-0.2, -0.15) is 0 Å². The van der Waals surface area contributed by atoms with Crippen molar-refractivity contribution in [2.24, 2.45) is 0 Å². The molecule has 5 rings (SSSR count). The number of hydrogen-bond donors (Lipinski definition) is 0. The van der Waals surface area contributed by atoms with E-state index in [4.69, 9.17) is 4.42 Å². The van der Waals surface area contributed by atoms with E-state index in [1.807, 2.05) is 11.9 Å². The normalized spacial score (nSPS) is 22.4. The van der Waals surface area contributed by atoms with Gasteiger partial charge in [-0.3, -0.25) is 14.5 Å². The lowest BCUT2D eigenvalue weighted by Gasteiger charge is -2.40. The molecule has 5 nitrogen and oxygen atoms in total. The highest BCUT2D eigenvalue weighted by molar-refractivity contribution is 6.09. The van der Waals surface area contributed by atoms with Crippen LogP contribution >= 0.6 is 0 Å². The molecule has 0 radical (unpaired) electrons. The number of amides is 1. The summed E-state index contributed by atoms with van der Waals surface area (Å²) in [6, 6.07) is 9.43. The fraction of sp³-hybridized carbons (Fsp3) is 0.500. The van der Waals surface area contributed by atoms with E-state index in [-0.39, 0.29) is 17.7 Å². The molecule has 0 bridgehead atoms. The average Bonchev–Trinajstić information content (AvgIpc) is 3.38. The summed E-state index contributed by atoms with van der Waals surface area (Å²) >= 11 is 0. The highest BCUT2D eigenvalue weighted by Gasteiger charge is 2.35. The number of likely N-dealkylation sites (tertiary alicyclic amines) is 1. The number of benzene rings is 1. The number of carbonyl (C=O) groups excluding carboxylic acids is 2. The Morgan fingerprint density at radius 2 is 1.90 bits per heavy atom. The molecule has 1 saturated heterocycles. The molecule has 1 aliphatic heterocycles. The molecule has 2 aromatic rings. The number of furan rings is 1. The molecule has 1 amide bonds. The Balaban J connectivity index is 1.29. The van der Waals surface area contributed by atoms with Crippen LogP contribution < -0.4 is 0 Å². The van der Waals surface area contributed by atoms with Crippen LogP contribution in [0.5, 0.6) is 0 Å². The van der Waals surface area contributed by atoms with Gasteiger partial charge in [-0.1, -0.05) is 24.3 Å². The highest BCUT2D eigenvalue weighted by Crippen LogP contribution is 2.30. The van der Waals surface area contributed by atoms with E-state index in [2.05, 4.69) is 29.2 Å². The molecular formula is C24H28N2O3. The van der Waals surface area contributed by atoms with Crippen molar-refractivity contribution in [3.63, 3.8) is 0 Å². The Kier molecular flexibility index (Phi) is 4.78. The number of ketones is 1. The molecule has 0 spiro atoms. The maximum atomic E-state index is 13.2. The highest BCUT2D eigenvalue weighted by atomic mass is 16.3. The number of rotatable bonds is 3. The second-order valence-corrected chi connectivity index (χ2v) is 8.76. The van der Waals surface area contributed by atoms with Crippen LogP contribution in [-0.2, 0) is 19.3 Å². The van der Waals surface area contributed by atoms with Gasteiger partial charge in [0, 0.05) is 38.5 Å². The van der Waals surface area contributed by atoms with Gasteiger partial charge in [0.25, 0.3) is 5.91 Å². The molecule has 1 fully saturated rings. The Morgan fingerprint density at radius 1 is 1.14 bits per heavy atom. The van der Waals surface area contributed by atoms with Crippen LogP contribution in [0.15, 0.2) is 34.9 Å². The summed E-state index contributed by atoms with van der Waals surface area (Å²) in [5, 5.41) is 0. The molecule has 29 heavy (non-hydrogen) atoms. The van der Waals surface area contributed by atoms with Gasteiger partial charge in [0.05, 0.1) is 11.1 Å². The second-order valence-electron chi connectivity index (χ2n) is 8.76. The minimum Gasteiger partial charge on any atom is -0.468 e. The molecular weight excluding hydrogens is 364 g/mol. The summed E-state index contributed by atoms with van der Waals surface area (Å²) in [7, 11) is 1.88. The van der Waals surface area contributed by atoms with Crippen molar-refractivity contribution in [3.8, 4) is 0 Å². The van der Waals surface area contributed by atoms with Gasteiger partial charge < -0.3 is 9.32 Å². The Bertz CT molecular complexity index is 922. The maximum Gasteiger partial charge on any atom is 0.257 e. The molecule has 1 atom stereocenters. The molecule has 3 aliphatic rings. The zero-order chi connectivity index (χ0) is 20.0. The van der Waals surface area contributed by atoms with Gasteiger partial charge in [-0.05, 0) is 49.8 Å². The van der Waals surface area contributed by atoms with E-state index in [0.717, 1.165) is 51.6 Å². The van der Waals surface area contributed by atoms with Crippen LogP contribution in [0.25, 0.3) is 0 Å². The molecule has 0 N–H and O–H groups in total. The van der Waals surface area contributed by atoms with E-state index in [1.54, 1.807) is 0 Å². The molecule has 5 heteroatoms. The molecule has 1 aromatic carbocycles. The minimum absolute atomic E-state index is 0.0470. The van der Waals surface area contributed by atoms with Crippen molar-refractivity contribution in [2.75, 3.05) is 20.1 Å². The second kappa shape index (κ2) is 7.45. The van der Waals surface area contributed by atoms with E-state index < -0.39 is 0 Å². The van der Waals surface area contributed by atoms with Gasteiger partial charge in [0.2, 0.25) is 0 Å². The van der Waals surface area contributed by atoms with Crippen LogP contribution in [0.2, 0.25) is 0 Å². The van der Waals surface area contributed by atoms with Crippen molar-refractivity contribution in [1.29, 1.82) is 0 Å². The van der Waals surface area contributed by atoms with Crippen molar-refractivity contribution >= 4 is 11.7 Å². The third kappa shape index (κ3) is 3.31. The van der Waals surface area contributed by atoms with Crippen molar-refractivity contribution < 1.29 is 14.0 Å². The summed E-state index contributed by atoms with van der Waals surface area (Å²) in [4.78, 5) is 30.0. The number of piperidine rings is 1. The Morgan fingerprint density at radius 3 is 2.66 bits per heavy atom. The van der Waals surface area contributed by atoms with E-state index in [1.165, 1.54) is 17.4 Å². The standard InChI is InChI=1S/C24H28N2O3/c1-25(24(28)20-15-29-22-10-4-9-21(27)23(20)22)18-8-5-11-26(14-18)19-12-16-6-2-3-7-17(16)13-19/h2-3,6-7,15,18-19H,4-5,8-14H2,1H3/t18-/m0/s1. The van der Waals surface area contributed by atoms with Crippen molar-refractivity contribution in [1.82, 2.24) is 9.80 Å². The zero-order valence-corrected chi connectivity index (χ0v) is 17.0. The number of aryl methyl sites for hydroxylation is 1. The summed E-state index contributed by atoms with van der Waals surface area (Å²) < 4.78 is 5.58. The number of carbonyl (C=O) groups is 2. The van der Waals surface area contributed by atoms with Crippen LogP contribution in [0.3, 0.4) is 0 Å². The van der Waals surface area contributed by atoms with Crippen LogP contribution in [0.1, 0.15) is 63.3 Å². The molecule has 0 unspecified atom stereocenters. The Hall–Kier alpha value is -2.40. The lowest BCUT2D eigenvalue weighted by Crippen LogP contribution is -2.51. The van der Waals surface area contributed by atoms with Crippen LogP contribution in [0, 0.1) is 0 Å². The number of nitrogens with zero attached hydrogens (tertiary/aromatic N) is 2. The molecule has 2 aliphatic carbocycles. The summed E-state index contributed by atoms with van der Waals surface area (Å²) in [6.07, 6.45) is 7.87. The van der Waals surface area contributed by atoms with Crippen LogP contribution in [-0.4, -0.2) is 53.7 Å². The average molecular weight is 392 g/mol. The fourth-order valence-electron chi connectivity index (χ4n) is 5.36. The van der Waals surface area contributed by atoms with E-state index >= 15 is 0 Å². The zero-order valence-electron chi connectivity index (χ0n) is 17.0. The van der Waals surface area contributed by atoms with Crippen molar-refractivity contribution in [2.45, 2.75) is 57.0 Å². The minimum atomic E-state index is -0.0770. The topological polar surface area (TPSA) is 53.8 Å². The Labute approximate surface area is 171 Å². The fourth-order valence-corrected chi connectivity index (χ4v) is 5.36. The first-order valence-corrected chi connectivity index (χ1v) is 10.8. The third-order valence-corrected chi connectivity index (χ3v) is 7.03. The molecule has 0 saturated carbocycles. The predicted octanol–water partition coefficient (Wildman–Crippen LogP) is 3.50. The third-order valence-electron chi connectivity index (χ3n) is 7.03. The lowest BCUT2D eigenvalue weighted by atomic mass is 9.93. The van der Waals surface area contributed by atoms with Crippen LogP contribution in [0.4, 0.5) is 0 Å². The van der Waals surface area contributed by atoms with E-state index in [9.17, 15) is 9.59 Å². The quantitative estimate of drug-likeness (QED) is 0.802. The largest absolute Gasteiger partial charge is 0.468 e. The summed E-state index contributed by atoms with van der Waals surface area (Å²) in [5.74, 6) is 0.657. The van der Waals surface area contributed by atoms with Crippen molar-refractivity contribution in [3.05, 3.63) is 58.5 Å². The van der Waals surface area contributed by atoms with Gasteiger partial charge in [0.15, 0.2) is 5.78 Å². The monoisotopic (exact) mass is 392 g/mol. The first-order chi connectivity index (χ1) is 14.1. The number of hydrogen-bond acceptors (Lipinski definition) is 4. The maximum absolute atomic E-state index is 13.2. The van der Waals surface area contributed by atoms with Gasteiger partial charge in [0.1, 0.15) is 12.0 Å². The number of fused-ring (bicyclic) bond motifs is 2. The van der Waals surface area contributed by atoms with Gasteiger partial charge in [-0.15, -0.1) is 0 Å². The SMILES string of the molecule is CN(C(=O)c1coc2c1C(=O)CCC2)[C@H]1CCCN(C2Cc3ccccc3C2)C1. The lowest BCUT2D eigenvalue weighted by molar-refractivity contribution is 0.0552. The smallest absolute Gasteiger partial charge is 0.257 e. The first-order valence-electron chi connectivity index (χ1n) is 10.8. The summed E-state index contributed by atoms with van der Waals surface area (Å²) in [6.45, 7) is 1.99. The van der Waals surface area contributed by atoms with Gasteiger partial charge in [-0.25, -0.2) is 0 Å². The molecule has 1 aromatic heterocycles. The molecule has 2 heterocycles. The van der Waals surface area contributed by atoms with E-state index in [0.29, 0.717) is 29.3 Å². The first kappa shape index (κ1) is 18.6. The predicted molar refractivity (Wildman–Crippen MR) is 110 cm³/mol. The van der Waals surface area contributed by atoms with Gasteiger partial charge >= 0.3 is 0 Å². The molecule has 152 valence electrons. The summed E-state index contributed by atoms with van der Waals surface area (Å²) in [5.41, 5.74) is 3.92.